The molecule has 2 N–H and O–H groups in total. The number of carbonyl (C=O) groups excluding carboxylic acids is 1. The lowest BCUT2D eigenvalue weighted by Gasteiger charge is -2.19. The van der Waals surface area contributed by atoms with Crippen LogP contribution in [-0.4, -0.2) is 19.0 Å². The van der Waals surface area contributed by atoms with Gasteiger partial charge in [0.2, 0.25) is 6.41 Å². The molecule has 1 heterocycles. The Morgan fingerprint density at radius 1 is 1.21 bits per heavy atom. The molecule has 0 aliphatic heterocycles. The molecule has 0 saturated carbocycles. The van der Waals surface area contributed by atoms with Gasteiger partial charge in [-0.05, 0) is 49.1 Å². The van der Waals surface area contributed by atoms with Crippen LogP contribution in [0.5, 0.6) is 0 Å². The number of nitrogens with two attached hydrogens (primary N) is 1. The second-order valence-corrected chi connectivity index (χ2v) is 6.16. The fourth-order valence-corrected chi connectivity index (χ4v) is 2.94. The Balaban J connectivity index is 1.86. The summed E-state index contributed by atoms with van der Waals surface area (Å²) in [6, 6.07) is 16.1. The summed E-state index contributed by atoms with van der Waals surface area (Å²) in [5.74, 6) is 0. The monoisotopic (exact) mass is 322 g/mol. The first-order chi connectivity index (χ1) is 11.7. The minimum atomic E-state index is 0.0301. The third-order valence-corrected chi connectivity index (χ3v) is 4.10. The van der Waals surface area contributed by atoms with E-state index in [0.29, 0.717) is 13.0 Å². The Bertz CT molecular complexity index is 809. The van der Waals surface area contributed by atoms with Gasteiger partial charge in [-0.2, -0.15) is 0 Å². The summed E-state index contributed by atoms with van der Waals surface area (Å²) in [7, 11) is 0. The van der Waals surface area contributed by atoms with Crippen LogP contribution in [0.3, 0.4) is 0 Å². The highest BCUT2D eigenvalue weighted by Gasteiger charge is 2.13. The van der Waals surface area contributed by atoms with Crippen molar-refractivity contribution in [1.82, 2.24) is 0 Å². The molecule has 3 aromatic rings. The maximum atomic E-state index is 11.6. The number of anilines is 1. The van der Waals surface area contributed by atoms with Crippen molar-refractivity contribution in [2.75, 3.05) is 11.4 Å². The minimum absolute atomic E-state index is 0.0301. The molecule has 0 spiro atoms. The van der Waals surface area contributed by atoms with Gasteiger partial charge in [-0.15, -0.1) is 0 Å². The lowest BCUT2D eigenvalue weighted by Crippen LogP contribution is -2.24. The number of carbonyl (C=O) groups is 1. The molecule has 24 heavy (non-hydrogen) atoms. The van der Waals surface area contributed by atoms with Crippen molar-refractivity contribution >= 4 is 23.1 Å². The summed E-state index contributed by atoms with van der Waals surface area (Å²) < 4.78 is 5.59. The molecule has 0 bridgehead atoms. The van der Waals surface area contributed by atoms with Crippen LogP contribution in [0.2, 0.25) is 0 Å². The van der Waals surface area contributed by atoms with E-state index in [0.717, 1.165) is 35.1 Å². The van der Waals surface area contributed by atoms with Gasteiger partial charge in [0.05, 0.1) is 6.26 Å². The minimum Gasteiger partial charge on any atom is -0.464 e. The van der Waals surface area contributed by atoms with E-state index in [4.69, 9.17) is 10.2 Å². The zero-order chi connectivity index (χ0) is 16.9. The van der Waals surface area contributed by atoms with E-state index in [-0.39, 0.29) is 6.04 Å². The number of fused-ring (bicyclic) bond motifs is 1. The van der Waals surface area contributed by atoms with E-state index in [9.17, 15) is 4.79 Å². The van der Waals surface area contributed by atoms with Crippen LogP contribution in [0.1, 0.15) is 18.1 Å². The predicted octanol–water partition coefficient (Wildman–Crippen LogP) is 3.53. The summed E-state index contributed by atoms with van der Waals surface area (Å²) in [6.07, 6.45) is 4.09. The molecule has 1 unspecified atom stereocenters. The fraction of sp³-hybridized carbons (Fsp3) is 0.250. The van der Waals surface area contributed by atoms with Crippen LogP contribution in [0.4, 0.5) is 5.69 Å². The molecule has 0 aliphatic rings. The highest BCUT2D eigenvalue weighted by atomic mass is 16.3. The summed E-state index contributed by atoms with van der Waals surface area (Å²) in [4.78, 5) is 13.4. The first-order valence-electron chi connectivity index (χ1n) is 8.19. The molecule has 3 rings (SSSR count). The lowest BCUT2D eigenvalue weighted by molar-refractivity contribution is -0.107. The zero-order valence-corrected chi connectivity index (χ0v) is 13.8. The molecule has 0 saturated heterocycles. The molecule has 0 fully saturated rings. The first-order valence-corrected chi connectivity index (χ1v) is 8.19. The van der Waals surface area contributed by atoms with E-state index in [1.54, 1.807) is 11.2 Å². The van der Waals surface area contributed by atoms with E-state index in [1.165, 1.54) is 5.56 Å². The third-order valence-electron chi connectivity index (χ3n) is 4.10. The number of furan rings is 1. The molecular formula is C20H22N2O2. The van der Waals surface area contributed by atoms with Gasteiger partial charge in [0.1, 0.15) is 5.58 Å². The summed E-state index contributed by atoms with van der Waals surface area (Å²) >= 11 is 0. The highest BCUT2D eigenvalue weighted by Crippen LogP contribution is 2.28. The average molecular weight is 322 g/mol. The molecule has 0 radical (unpaired) electrons. The Hall–Kier alpha value is -2.59. The van der Waals surface area contributed by atoms with Crippen LogP contribution in [0.15, 0.2) is 59.2 Å². The molecule has 1 amide bonds. The molecule has 0 aliphatic carbocycles. The molecular weight excluding hydrogens is 300 g/mol. The van der Waals surface area contributed by atoms with Crippen LogP contribution in [0.25, 0.3) is 11.0 Å². The Kier molecular flexibility index (Phi) is 4.96. The van der Waals surface area contributed by atoms with E-state index in [2.05, 4.69) is 12.1 Å². The van der Waals surface area contributed by atoms with Crippen LogP contribution in [-0.2, 0) is 17.6 Å². The molecule has 2 aromatic carbocycles. The van der Waals surface area contributed by atoms with Crippen molar-refractivity contribution in [2.45, 2.75) is 25.8 Å². The topological polar surface area (TPSA) is 59.5 Å². The number of amides is 1. The molecule has 124 valence electrons. The number of hydrogen-bond donors (Lipinski definition) is 1. The lowest BCUT2D eigenvalue weighted by atomic mass is 10.0. The molecule has 4 nitrogen and oxygen atoms in total. The molecule has 1 aromatic heterocycles. The Morgan fingerprint density at radius 3 is 2.71 bits per heavy atom. The summed E-state index contributed by atoms with van der Waals surface area (Å²) in [5, 5.41) is 0.995. The normalized spacial score (nSPS) is 12.2. The SMILES string of the molecule is CC(N)Cc1cc(N(C=O)CCc2ccccc2)cc2ccoc12. The predicted molar refractivity (Wildman–Crippen MR) is 97.1 cm³/mol. The van der Waals surface area contributed by atoms with Crippen LogP contribution < -0.4 is 10.6 Å². The van der Waals surface area contributed by atoms with E-state index in [1.807, 2.05) is 43.3 Å². The van der Waals surface area contributed by atoms with Crippen molar-refractivity contribution in [3.8, 4) is 0 Å². The first kappa shape index (κ1) is 16.3. The van der Waals surface area contributed by atoms with Crippen LogP contribution in [0, 0.1) is 0 Å². The Labute approximate surface area is 141 Å². The number of benzene rings is 2. The summed E-state index contributed by atoms with van der Waals surface area (Å²) in [5.41, 5.74) is 9.93. The number of nitrogens with zero attached hydrogens (tertiary/aromatic N) is 1. The summed E-state index contributed by atoms with van der Waals surface area (Å²) in [6.45, 7) is 2.60. The fourth-order valence-electron chi connectivity index (χ4n) is 2.94. The smallest absolute Gasteiger partial charge is 0.214 e. The molecule has 4 heteroatoms. The van der Waals surface area contributed by atoms with Crippen LogP contribution >= 0.6 is 0 Å². The van der Waals surface area contributed by atoms with Gasteiger partial charge in [0.15, 0.2) is 0 Å². The van der Waals surface area contributed by atoms with Gasteiger partial charge in [-0.1, -0.05) is 30.3 Å². The second kappa shape index (κ2) is 7.32. The Morgan fingerprint density at radius 2 is 2.00 bits per heavy atom. The van der Waals surface area contributed by atoms with Gasteiger partial charge >= 0.3 is 0 Å². The highest BCUT2D eigenvalue weighted by molar-refractivity contribution is 5.88. The zero-order valence-electron chi connectivity index (χ0n) is 13.8. The number of rotatable bonds is 7. The second-order valence-electron chi connectivity index (χ2n) is 6.16. The van der Waals surface area contributed by atoms with Gasteiger partial charge in [0.25, 0.3) is 0 Å². The van der Waals surface area contributed by atoms with Gasteiger partial charge in [0, 0.05) is 23.7 Å². The van der Waals surface area contributed by atoms with Crippen molar-refractivity contribution in [3.05, 3.63) is 65.9 Å². The van der Waals surface area contributed by atoms with Crippen molar-refractivity contribution in [1.29, 1.82) is 0 Å². The quantitative estimate of drug-likeness (QED) is 0.677. The largest absolute Gasteiger partial charge is 0.464 e. The molecule has 1 atom stereocenters. The van der Waals surface area contributed by atoms with Crippen molar-refractivity contribution < 1.29 is 9.21 Å². The number of hydrogen-bond acceptors (Lipinski definition) is 3. The van der Waals surface area contributed by atoms with Gasteiger partial charge in [-0.25, -0.2) is 0 Å². The standard InChI is InChI=1S/C20H22N2O2/c1-15(21)11-18-13-19(12-17-8-10-24-20(17)18)22(14-23)9-7-16-5-3-2-4-6-16/h2-6,8,10,12-15H,7,9,11,21H2,1H3. The van der Waals surface area contributed by atoms with Gasteiger partial charge in [-0.3, -0.25) is 4.79 Å². The maximum Gasteiger partial charge on any atom is 0.214 e. The van der Waals surface area contributed by atoms with E-state index >= 15 is 0 Å². The van der Waals surface area contributed by atoms with Crippen molar-refractivity contribution in [2.24, 2.45) is 5.73 Å². The average Bonchev–Trinajstić information content (AvgIpc) is 3.05. The van der Waals surface area contributed by atoms with E-state index < -0.39 is 0 Å². The van der Waals surface area contributed by atoms with Gasteiger partial charge < -0.3 is 15.1 Å². The van der Waals surface area contributed by atoms with Crippen molar-refractivity contribution in [3.63, 3.8) is 0 Å². The maximum absolute atomic E-state index is 11.6. The third kappa shape index (κ3) is 3.66.